The smallest absolute Gasteiger partial charge is 0.345 e. The van der Waals surface area contributed by atoms with E-state index in [0.29, 0.717) is 0 Å². The van der Waals surface area contributed by atoms with Crippen LogP contribution < -0.4 is 9.47 Å². The van der Waals surface area contributed by atoms with Crippen LogP contribution in [0.2, 0.25) is 5.02 Å². The highest BCUT2D eigenvalue weighted by Gasteiger charge is 2.27. The largest absolute Gasteiger partial charge is 0.428 e. The summed E-state index contributed by atoms with van der Waals surface area (Å²) in [6.07, 6.45) is 0. The van der Waals surface area contributed by atoms with Crippen LogP contribution in [0.3, 0.4) is 0 Å². The molecule has 0 aliphatic rings. The average molecular weight is 417 g/mol. The molecule has 0 aliphatic carbocycles. The minimum Gasteiger partial charge on any atom is -0.428 e. The highest BCUT2D eigenvalue weighted by molar-refractivity contribution is 6.35. The van der Waals surface area contributed by atoms with Crippen LogP contribution in [-0.2, 0) is 4.79 Å². The monoisotopic (exact) mass is 416 g/mol. The number of benzene rings is 3. The quantitative estimate of drug-likeness (QED) is 0.254. The molecule has 0 unspecified atom stereocenters. The van der Waals surface area contributed by atoms with E-state index in [0.717, 1.165) is 24.3 Å². The molecule has 0 aromatic heterocycles. The van der Waals surface area contributed by atoms with Gasteiger partial charge in [-0.1, -0.05) is 11.6 Å². The Bertz CT molecular complexity index is 1080. The Hall–Kier alpha value is -3.58. The van der Waals surface area contributed by atoms with E-state index in [1.165, 1.54) is 36.4 Å². The van der Waals surface area contributed by atoms with Gasteiger partial charge in [0.1, 0.15) is 23.1 Å². The third-order valence-corrected chi connectivity index (χ3v) is 4.17. The summed E-state index contributed by atoms with van der Waals surface area (Å²) in [5.74, 6) is -3.08. The molecule has 0 spiro atoms. The maximum atomic E-state index is 13.2. The van der Waals surface area contributed by atoms with Crippen molar-refractivity contribution in [2.75, 3.05) is 0 Å². The zero-order valence-electron chi connectivity index (χ0n) is 14.5. The molecular formula is C21H11ClF2O5. The van der Waals surface area contributed by atoms with Gasteiger partial charge in [0.2, 0.25) is 0 Å². The fourth-order valence-corrected chi connectivity index (χ4v) is 2.77. The molecule has 0 aliphatic heterocycles. The first kappa shape index (κ1) is 20.2. The van der Waals surface area contributed by atoms with Gasteiger partial charge in [-0.2, -0.15) is 0 Å². The summed E-state index contributed by atoms with van der Waals surface area (Å²) in [6, 6.07) is 11.6. The maximum absolute atomic E-state index is 13.2. The fraction of sp³-hybridized carbons (Fsp3) is 0. The van der Waals surface area contributed by atoms with Gasteiger partial charge in [0, 0.05) is 5.56 Å². The molecule has 0 N–H and O–H groups in total. The minimum absolute atomic E-state index is 0.00866. The van der Waals surface area contributed by atoms with Gasteiger partial charge in [-0.3, -0.25) is 9.59 Å². The zero-order chi connectivity index (χ0) is 21.0. The predicted molar refractivity (Wildman–Crippen MR) is 99.3 cm³/mol. The number of rotatable bonds is 6. The molecular weight excluding hydrogens is 406 g/mol. The molecule has 146 valence electrons. The number of hydrogen-bond donors (Lipinski definition) is 0. The van der Waals surface area contributed by atoms with Gasteiger partial charge in [0.25, 0.3) is 6.47 Å². The summed E-state index contributed by atoms with van der Waals surface area (Å²) in [4.78, 5) is 36.6. The number of ketones is 1. The summed E-state index contributed by atoms with van der Waals surface area (Å²) in [6.45, 7) is 0.0831. The second kappa shape index (κ2) is 8.62. The van der Waals surface area contributed by atoms with E-state index < -0.39 is 23.4 Å². The average Bonchev–Trinajstić information content (AvgIpc) is 2.71. The van der Waals surface area contributed by atoms with Crippen molar-refractivity contribution in [3.63, 3.8) is 0 Å². The molecule has 3 rings (SSSR count). The Morgan fingerprint density at radius 2 is 1.41 bits per heavy atom. The second-order valence-corrected chi connectivity index (χ2v) is 6.10. The van der Waals surface area contributed by atoms with Gasteiger partial charge >= 0.3 is 5.97 Å². The van der Waals surface area contributed by atoms with Gasteiger partial charge in [-0.25, -0.2) is 13.6 Å². The Morgan fingerprint density at radius 3 is 2.00 bits per heavy atom. The first-order chi connectivity index (χ1) is 13.9. The first-order valence-corrected chi connectivity index (χ1v) is 8.49. The highest BCUT2D eigenvalue weighted by atomic mass is 35.5. The number of ether oxygens (including phenoxy) is 2. The van der Waals surface area contributed by atoms with Crippen molar-refractivity contribution >= 4 is 29.8 Å². The third-order valence-electron chi connectivity index (χ3n) is 3.85. The molecule has 0 atom stereocenters. The molecule has 5 nitrogen and oxygen atoms in total. The van der Waals surface area contributed by atoms with E-state index in [1.54, 1.807) is 0 Å². The van der Waals surface area contributed by atoms with Crippen molar-refractivity contribution in [3.8, 4) is 11.5 Å². The van der Waals surface area contributed by atoms with E-state index >= 15 is 0 Å². The van der Waals surface area contributed by atoms with Crippen LogP contribution in [0, 0.1) is 11.6 Å². The molecule has 0 saturated heterocycles. The molecule has 8 heteroatoms. The van der Waals surface area contributed by atoms with Crippen molar-refractivity contribution in [1.82, 2.24) is 0 Å². The predicted octanol–water partition coefficient (Wildman–Crippen LogP) is 4.60. The van der Waals surface area contributed by atoms with E-state index in [4.69, 9.17) is 21.1 Å². The molecule has 0 saturated carbocycles. The Morgan fingerprint density at radius 1 is 0.828 bits per heavy atom. The van der Waals surface area contributed by atoms with Gasteiger partial charge < -0.3 is 9.47 Å². The minimum atomic E-state index is -1.02. The van der Waals surface area contributed by atoms with Crippen LogP contribution in [-0.4, -0.2) is 18.2 Å². The van der Waals surface area contributed by atoms with Gasteiger partial charge in [-0.05, 0) is 60.7 Å². The number of hydrogen-bond acceptors (Lipinski definition) is 5. The fourth-order valence-electron chi connectivity index (χ4n) is 2.54. The molecule has 0 bridgehead atoms. The lowest BCUT2D eigenvalue weighted by atomic mass is 9.97. The third kappa shape index (κ3) is 4.47. The topological polar surface area (TPSA) is 69.7 Å². The molecule has 0 radical (unpaired) electrons. The molecule has 0 heterocycles. The number of carbonyl (C=O) groups excluding carboxylic acids is 3. The summed E-state index contributed by atoms with van der Waals surface area (Å²) in [7, 11) is 0. The SMILES string of the molecule is O=COc1ccc(Cl)c(C(=O)Oc2ccc(F)cc2)c1C(=O)c1ccc(F)cc1. The highest BCUT2D eigenvalue weighted by Crippen LogP contribution is 2.32. The molecule has 0 amide bonds. The van der Waals surface area contributed by atoms with Crippen molar-refractivity contribution < 1.29 is 32.6 Å². The van der Waals surface area contributed by atoms with Gasteiger partial charge in [0.15, 0.2) is 5.78 Å². The van der Waals surface area contributed by atoms with Crippen molar-refractivity contribution in [3.05, 3.63) is 94.0 Å². The molecule has 29 heavy (non-hydrogen) atoms. The summed E-state index contributed by atoms with van der Waals surface area (Å²) < 4.78 is 36.2. The van der Waals surface area contributed by atoms with Gasteiger partial charge in [0.05, 0.1) is 16.1 Å². The first-order valence-electron chi connectivity index (χ1n) is 8.11. The second-order valence-electron chi connectivity index (χ2n) is 5.69. The number of esters is 1. The van der Waals surface area contributed by atoms with E-state index in [9.17, 15) is 23.2 Å². The lowest BCUT2D eigenvalue weighted by Gasteiger charge is -2.14. The molecule has 3 aromatic carbocycles. The van der Waals surface area contributed by atoms with Crippen molar-refractivity contribution in [2.45, 2.75) is 0 Å². The maximum Gasteiger partial charge on any atom is 0.345 e. The lowest BCUT2D eigenvalue weighted by molar-refractivity contribution is -0.120. The Labute approximate surface area is 168 Å². The van der Waals surface area contributed by atoms with Crippen LogP contribution in [0.4, 0.5) is 8.78 Å². The van der Waals surface area contributed by atoms with Crippen LogP contribution in [0.1, 0.15) is 26.3 Å². The number of carbonyl (C=O) groups is 3. The van der Waals surface area contributed by atoms with Crippen LogP contribution in [0.5, 0.6) is 11.5 Å². The Balaban J connectivity index is 2.09. The van der Waals surface area contributed by atoms with Gasteiger partial charge in [-0.15, -0.1) is 0 Å². The van der Waals surface area contributed by atoms with Crippen LogP contribution >= 0.6 is 11.6 Å². The number of halogens is 3. The lowest BCUT2D eigenvalue weighted by Crippen LogP contribution is -2.17. The summed E-state index contributed by atoms with van der Waals surface area (Å²) in [5, 5.41) is -0.138. The van der Waals surface area contributed by atoms with Crippen molar-refractivity contribution in [1.29, 1.82) is 0 Å². The molecule has 0 fully saturated rings. The van der Waals surface area contributed by atoms with Crippen LogP contribution in [0.15, 0.2) is 60.7 Å². The van der Waals surface area contributed by atoms with Crippen molar-refractivity contribution in [2.24, 2.45) is 0 Å². The van der Waals surface area contributed by atoms with E-state index in [-0.39, 0.29) is 39.7 Å². The molecule has 3 aromatic rings. The zero-order valence-corrected chi connectivity index (χ0v) is 15.3. The summed E-state index contributed by atoms with van der Waals surface area (Å²) in [5.41, 5.74) is -0.659. The normalized spacial score (nSPS) is 10.3. The van der Waals surface area contributed by atoms with E-state index in [2.05, 4.69) is 0 Å². The van der Waals surface area contributed by atoms with Crippen LogP contribution in [0.25, 0.3) is 0 Å². The Kier molecular flexibility index (Phi) is 5.99. The summed E-state index contributed by atoms with van der Waals surface area (Å²) >= 11 is 6.13. The van der Waals surface area contributed by atoms with E-state index in [1.807, 2.05) is 0 Å². The standard InChI is InChI=1S/C21H11ClF2O5/c22-16-9-10-17(28-11-25)19(20(26)12-1-3-13(23)4-2-12)18(16)21(27)29-15-7-5-14(24)6-8-15/h1-11H.